The predicted molar refractivity (Wildman–Crippen MR) is 85.5 cm³/mol. The van der Waals surface area contributed by atoms with E-state index in [1.165, 1.54) is 0 Å². The second-order valence-electron chi connectivity index (χ2n) is 7.73. The van der Waals surface area contributed by atoms with Crippen LogP contribution in [0.5, 0.6) is 0 Å². The summed E-state index contributed by atoms with van der Waals surface area (Å²) in [5.41, 5.74) is -0.388. The van der Waals surface area contributed by atoms with Crippen LogP contribution in [0.1, 0.15) is 44.8 Å². The topological polar surface area (TPSA) is 83.3 Å². The van der Waals surface area contributed by atoms with Gasteiger partial charge in [0, 0.05) is 5.92 Å². The van der Waals surface area contributed by atoms with Crippen molar-refractivity contribution in [1.29, 1.82) is 0 Å². The van der Waals surface area contributed by atoms with Crippen molar-refractivity contribution in [2.45, 2.75) is 45.2 Å². The summed E-state index contributed by atoms with van der Waals surface area (Å²) >= 11 is 0. The van der Waals surface area contributed by atoms with Crippen LogP contribution in [-0.4, -0.2) is 48.1 Å². The van der Waals surface area contributed by atoms with Crippen molar-refractivity contribution in [2.75, 3.05) is 27.2 Å². The Balaban J connectivity index is 1.62. The Bertz CT molecular complexity index is 575. The Morgan fingerprint density at radius 2 is 2.13 bits per heavy atom. The Hall–Kier alpha value is -1.47. The number of rotatable bonds is 5. The maximum absolute atomic E-state index is 12.6. The molecule has 1 saturated carbocycles. The normalized spacial score (nSPS) is 23.3. The molecule has 2 aliphatic rings. The van der Waals surface area contributed by atoms with Crippen molar-refractivity contribution in [3.8, 4) is 0 Å². The zero-order valence-electron chi connectivity index (χ0n) is 14.5. The van der Waals surface area contributed by atoms with Crippen LogP contribution >= 0.6 is 0 Å². The van der Waals surface area contributed by atoms with E-state index >= 15 is 0 Å². The largest absolute Gasteiger partial charge is 0.344 e. The molecular formula is C16H27N5O2. The lowest BCUT2D eigenvalue weighted by molar-refractivity contribution is -0.125. The Kier molecular flexibility index (Phi) is 4.18. The summed E-state index contributed by atoms with van der Waals surface area (Å²) in [6.45, 7) is 6.48. The quantitative estimate of drug-likeness (QED) is 0.837. The molecule has 7 nitrogen and oxygen atoms in total. The Morgan fingerprint density at radius 1 is 1.43 bits per heavy atom. The SMILES string of the molecule is CN(C)Cc1nc(C(C)(C)NC(=O)C2CC23CCNCC3)no1. The molecule has 23 heavy (non-hydrogen) atoms. The monoisotopic (exact) mass is 321 g/mol. The van der Waals surface area contributed by atoms with Crippen LogP contribution in [0, 0.1) is 11.3 Å². The summed E-state index contributed by atoms with van der Waals surface area (Å²) < 4.78 is 5.27. The van der Waals surface area contributed by atoms with E-state index < -0.39 is 5.54 Å². The first-order valence-electron chi connectivity index (χ1n) is 8.33. The minimum Gasteiger partial charge on any atom is -0.344 e. The van der Waals surface area contributed by atoms with Gasteiger partial charge in [-0.2, -0.15) is 4.98 Å². The second-order valence-corrected chi connectivity index (χ2v) is 7.73. The third kappa shape index (κ3) is 3.40. The number of nitrogens with zero attached hydrogens (tertiary/aromatic N) is 3. The molecule has 3 rings (SSSR count). The van der Waals surface area contributed by atoms with Crippen LogP contribution in [0.2, 0.25) is 0 Å². The molecule has 1 aliphatic heterocycles. The highest BCUT2D eigenvalue weighted by Gasteiger charge is 2.58. The molecule has 7 heteroatoms. The van der Waals surface area contributed by atoms with Gasteiger partial charge in [0.1, 0.15) is 0 Å². The summed E-state index contributed by atoms with van der Waals surface area (Å²) in [5.74, 6) is 1.35. The van der Waals surface area contributed by atoms with Crippen LogP contribution in [-0.2, 0) is 16.9 Å². The van der Waals surface area contributed by atoms with Crippen LogP contribution < -0.4 is 10.6 Å². The molecule has 0 aromatic carbocycles. The average Bonchev–Trinajstić information content (AvgIpc) is 2.93. The average molecular weight is 321 g/mol. The highest BCUT2D eigenvalue weighted by atomic mass is 16.5. The van der Waals surface area contributed by atoms with E-state index in [2.05, 4.69) is 20.8 Å². The molecule has 1 unspecified atom stereocenters. The molecule has 2 fully saturated rings. The van der Waals surface area contributed by atoms with Crippen LogP contribution in [0.4, 0.5) is 0 Å². The summed E-state index contributed by atoms with van der Waals surface area (Å²) in [6.07, 6.45) is 3.20. The number of nitrogens with one attached hydrogen (secondary N) is 2. The minimum absolute atomic E-state index is 0.121. The van der Waals surface area contributed by atoms with E-state index in [0.717, 1.165) is 32.4 Å². The first-order chi connectivity index (χ1) is 10.8. The van der Waals surface area contributed by atoms with Gasteiger partial charge in [-0.05, 0) is 65.7 Å². The Morgan fingerprint density at radius 3 is 2.78 bits per heavy atom. The molecule has 1 saturated heterocycles. The van der Waals surface area contributed by atoms with E-state index in [0.29, 0.717) is 18.3 Å². The van der Waals surface area contributed by atoms with E-state index in [1.54, 1.807) is 0 Å². The number of aromatic nitrogens is 2. The first-order valence-corrected chi connectivity index (χ1v) is 8.33. The fourth-order valence-corrected chi connectivity index (χ4v) is 3.49. The molecule has 1 spiro atoms. The van der Waals surface area contributed by atoms with E-state index in [9.17, 15) is 4.79 Å². The van der Waals surface area contributed by atoms with Gasteiger partial charge >= 0.3 is 0 Å². The maximum atomic E-state index is 12.6. The molecule has 1 aromatic rings. The van der Waals surface area contributed by atoms with Gasteiger partial charge in [0.05, 0.1) is 12.1 Å². The third-order valence-electron chi connectivity index (χ3n) is 5.02. The van der Waals surface area contributed by atoms with Crippen molar-refractivity contribution in [1.82, 2.24) is 25.7 Å². The fourth-order valence-electron chi connectivity index (χ4n) is 3.49. The summed E-state index contributed by atoms with van der Waals surface area (Å²) in [6, 6.07) is 0. The van der Waals surface area contributed by atoms with Crippen LogP contribution in [0.3, 0.4) is 0 Å². The molecule has 0 radical (unpaired) electrons. The highest BCUT2D eigenvalue weighted by molar-refractivity contribution is 5.83. The number of hydrogen-bond donors (Lipinski definition) is 2. The van der Waals surface area contributed by atoms with Crippen LogP contribution in [0.25, 0.3) is 0 Å². The summed E-state index contributed by atoms with van der Waals surface area (Å²) in [4.78, 5) is 19.0. The lowest BCUT2D eigenvalue weighted by atomic mass is 9.91. The number of amides is 1. The van der Waals surface area contributed by atoms with Gasteiger partial charge in [-0.25, -0.2) is 0 Å². The molecule has 1 amide bonds. The lowest BCUT2D eigenvalue weighted by Gasteiger charge is -2.26. The standard InChI is InChI=1S/C16H27N5O2/c1-15(2,14-18-12(23-20-14)10-21(3)4)19-13(22)11-9-16(11)5-7-17-8-6-16/h11,17H,5-10H2,1-4H3,(H,19,22). The zero-order valence-corrected chi connectivity index (χ0v) is 14.5. The number of carbonyl (C=O) groups excluding carboxylic acids is 1. The summed E-state index contributed by atoms with van der Waals surface area (Å²) in [7, 11) is 3.89. The second kappa shape index (κ2) is 5.87. The van der Waals surface area contributed by atoms with Gasteiger partial charge in [0.25, 0.3) is 0 Å². The highest BCUT2D eigenvalue weighted by Crippen LogP contribution is 2.58. The van der Waals surface area contributed by atoms with Crippen molar-refractivity contribution in [3.05, 3.63) is 11.7 Å². The van der Waals surface area contributed by atoms with Crippen molar-refractivity contribution in [3.63, 3.8) is 0 Å². The number of hydrogen-bond acceptors (Lipinski definition) is 6. The van der Waals surface area contributed by atoms with Crippen molar-refractivity contribution >= 4 is 5.91 Å². The zero-order chi connectivity index (χ0) is 16.7. The van der Waals surface area contributed by atoms with Crippen LogP contribution in [0.15, 0.2) is 4.52 Å². The van der Waals surface area contributed by atoms with E-state index in [-0.39, 0.29) is 17.2 Å². The molecule has 1 atom stereocenters. The third-order valence-corrected chi connectivity index (χ3v) is 5.02. The molecule has 2 heterocycles. The van der Waals surface area contributed by atoms with Crippen molar-refractivity contribution < 1.29 is 9.32 Å². The molecule has 1 aliphatic carbocycles. The van der Waals surface area contributed by atoms with E-state index in [4.69, 9.17) is 4.52 Å². The van der Waals surface area contributed by atoms with Gasteiger partial charge in [0.15, 0.2) is 5.82 Å². The van der Waals surface area contributed by atoms with Gasteiger partial charge in [0.2, 0.25) is 11.8 Å². The molecule has 1 aromatic heterocycles. The van der Waals surface area contributed by atoms with E-state index in [1.807, 2.05) is 32.8 Å². The van der Waals surface area contributed by atoms with Gasteiger partial charge < -0.3 is 20.1 Å². The number of carbonyl (C=O) groups is 1. The molecule has 0 bridgehead atoms. The van der Waals surface area contributed by atoms with Gasteiger partial charge in [-0.3, -0.25) is 4.79 Å². The minimum atomic E-state index is -0.623. The fraction of sp³-hybridized carbons (Fsp3) is 0.812. The smallest absolute Gasteiger partial charge is 0.240 e. The molecule has 128 valence electrons. The molecule has 2 N–H and O–H groups in total. The predicted octanol–water partition coefficient (Wildman–Crippen LogP) is 0.872. The Labute approximate surface area is 137 Å². The number of piperidine rings is 1. The maximum Gasteiger partial charge on any atom is 0.240 e. The van der Waals surface area contributed by atoms with Gasteiger partial charge in [-0.15, -0.1) is 0 Å². The summed E-state index contributed by atoms with van der Waals surface area (Å²) in [5, 5.41) is 10.5. The lowest BCUT2D eigenvalue weighted by Crippen LogP contribution is -2.44. The molecular weight excluding hydrogens is 294 g/mol. The van der Waals surface area contributed by atoms with Gasteiger partial charge in [-0.1, -0.05) is 5.16 Å². The first kappa shape index (κ1) is 16.4. The van der Waals surface area contributed by atoms with Crippen molar-refractivity contribution in [2.24, 2.45) is 11.3 Å².